The van der Waals surface area contributed by atoms with Crippen LogP contribution in [-0.4, -0.2) is 18.3 Å². The van der Waals surface area contributed by atoms with Crippen LogP contribution in [0, 0.1) is 11.2 Å². The maximum atomic E-state index is 13.8. The molecule has 2 N–H and O–H groups in total. The van der Waals surface area contributed by atoms with Gasteiger partial charge in [-0.25, -0.2) is 9.18 Å². The molecule has 0 unspecified atom stereocenters. The van der Waals surface area contributed by atoms with Crippen molar-refractivity contribution in [1.82, 2.24) is 5.32 Å². The van der Waals surface area contributed by atoms with Crippen LogP contribution in [0.15, 0.2) is 60.7 Å². The first-order valence-corrected chi connectivity index (χ1v) is 7.62. The summed E-state index contributed by atoms with van der Waals surface area (Å²) < 4.78 is 18.6. The van der Waals surface area contributed by atoms with Gasteiger partial charge in [-0.1, -0.05) is 48.5 Å². The average molecular weight is 326 g/mol. The lowest BCUT2D eigenvalue weighted by molar-refractivity contribution is -0.135. The lowest BCUT2D eigenvalue weighted by Crippen LogP contribution is -2.18. The molecule has 5 heteroatoms. The number of rotatable bonds is 7. The Morgan fingerprint density at radius 2 is 1.83 bits per heavy atom. The smallest absolute Gasteiger partial charge is 0.356 e. The highest BCUT2D eigenvalue weighted by Crippen LogP contribution is 2.14. The Hall–Kier alpha value is -2.95. The van der Waals surface area contributed by atoms with Crippen molar-refractivity contribution in [3.8, 4) is 0 Å². The number of esters is 1. The molecule has 4 nitrogen and oxygen atoms in total. The van der Waals surface area contributed by atoms with Crippen molar-refractivity contribution in [2.75, 3.05) is 6.61 Å². The summed E-state index contributed by atoms with van der Waals surface area (Å²) in [6.07, 6.45) is 1.40. The maximum absolute atomic E-state index is 13.8. The average Bonchev–Trinajstić information content (AvgIpc) is 2.60. The molecule has 0 aliphatic heterocycles. The Kier molecular flexibility index (Phi) is 6.25. The van der Waals surface area contributed by atoms with Crippen LogP contribution in [0.3, 0.4) is 0 Å². The van der Waals surface area contributed by atoms with Gasteiger partial charge in [0.15, 0.2) is 0 Å². The molecule has 0 spiro atoms. The molecular weight excluding hydrogens is 307 g/mol. The molecule has 0 saturated carbocycles. The van der Waals surface area contributed by atoms with E-state index in [0.717, 1.165) is 5.56 Å². The van der Waals surface area contributed by atoms with Gasteiger partial charge in [0.05, 0.1) is 6.61 Å². The van der Waals surface area contributed by atoms with Crippen LogP contribution in [-0.2, 0) is 16.1 Å². The second-order valence-corrected chi connectivity index (χ2v) is 5.00. The number of ether oxygens (including phenoxy) is 1. The second kappa shape index (κ2) is 8.62. The summed E-state index contributed by atoms with van der Waals surface area (Å²) in [6, 6.07) is 15.7. The summed E-state index contributed by atoms with van der Waals surface area (Å²) in [7, 11) is 0. The number of hydrogen-bond donors (Lipinski definition) is 2. The van der Waals surface area contributed by atoms with E-state index in [9.17, 15) is 9.18 Å². The number of carbonyl (C=O) groups excluding carboxylic acids is 1. The molecular formula is C19H19FN2O2. The van der Waals surface area contributed by atoms with Crippen LogP contribution >= 0.6 is 0 Å². The lowest BCUT2D eigenvalue weighted by atomic mass is 10.1. The van der Waals surface area contributed by atoms with E-state index in [1.165, 1.54) is 12.1 Å². The molecule has 124 valence electrons. The van der Waals surface area contributed by atoms with Gasteiger partial charge in [0.25, 0.3) is 0 Å². The molecule has 24 heavy (non-hydrogen) atoms. The number of benzene rings is 2. The van der Waals surface area contributed by atoms with Gasteiger partial charge < -0.3 is 10.1 Å². The predicted octanol–water partition coefficient (Wildman–Crippen LogP) is 3.54. The van der Waals surface area contributed by atoms with Gasteiger partial charge in [-0.15, -0.1) is 0 Å². The van der Waals surface area contributed by atoms with Crippen LogP contribution in [0.4, 0.5) is 4.39 Å². The van der Waals surface area contributed by atoms with E-state index in [0.29, 0.717) is 11.3 Å². The van der Waals surface area contributed by atoms with Crippen LogP contribution in [0.1, 0.15) is 18.1 Å². The zero-order valence-corrected chi connectivity index (χ0v) is 13.4. The highest BCUT2D eigenvalue weighted by molar-refractivity contribution is 6.40. The van der Waals surface area contributed by atoms with Crippen LogP contribution in [0.2, 0.25) is 0 Å². The van der Waals surface area contributed by atoms with E-state index in [2.05, 4.69) is 5.32 Å². The van der Waals surface area contributed by atoms with Gasteiger partial charge in [-0.2, -0.15) is 0 Å². The van der Waals surface area contributed by atoms with E-state index in [1.807, 2.05) is 30.3 Å². The summed E-state index contributed by atoms with van der Waals surface area (Å²) in [5, 5.41) is 10.9. The highest BCUT2D eigenvalue weighted by atomic mass is 19.1. The largest absolute Gasteiger partial charge is 0.461 e. The molecule has 0 radical (unpaired) electrons. The zero-order chi connectivity index (χ0) is 17.4. The van der Waals surface area contributed by atoms with Gasteiger partial charge in [0, 0.05) is 17.8 Å². The molecule has 2 rings (SSSR count). The minimum Gasteiger partial charge on any atom is -0.461 e. The van der Waals surface area contributed by atoms with Crippen LogP contribution < -0.4 is 5.32 Å². The standard InChI is InChI=1S/C19H19FN2O2/c1-2-24-19(23)17(21)12-18(14-8-4-3-5-9-14)22-13-15-10-6-7-11-16(15)20/h3-12,21-22H,2,13H2,1H3/b18-12-,21-17?. The SMILES string of the molecule is CCOC(=O)C(=N)/C=C(\NCc1ccccc1F)c1ccccc1. The van der Waals surface area contributed by atoms with Gasteiger partial charge in [-0.05, 0) is 24.6 Å². The molecule has 0 saturated heterocycles. The van der Waals surface area contributed by atoms with Crippen molar-refractivity contribution in [3.05, 3.63) is 77.6 Å². The van der Waals surface area contributed by atoms with Gasteiger partial charge in [-0.3, -0.25) is 5.41 Å². The predicted molar refractivity (Wildman–Crippen MR) is 92.0 cm³/mol. The van der Waals surface area contributed by atoms with Crippen LogP contribution in [0.25, 0.3) is 5.70 Å². The first-order valence-electron chi connectivity index (χ1n) is 7.62. The Balaban J connectivity index is 2.22. The van der Waals surface area contributed by atoms with E-state index in [1.54, 1.807) is 25.1 Å². The third-order valence-corrected chi connectivity index (χ3v) is 3.30. The number of halogens is 1. The minimum atomic E-state index is -0.696. The minimum absolute atomic E-state index is 0.207. The molecule has 0 atom stereocenters. The molecule has 0 aromatic heterocycles. The topological polar surface area (TPSA) is 62.2 Å². The van der Waals surface area contributed by atoms with Crippen molar-refractivity contribution in [1.29, 1.82) is 5.41 Å². The number of hydrogen-bond acceptors (Lipinski definition) is 4. The van der Waals surface area contributed by atoms with Crippen molar-refractivity contribution in [3.63, 3.8) is 0 Å². The van der Waals surface area contributed by atoms with Gasteiger partial charge >= 0.3 is 5.97 Å². The molecule has 0 amide bonds. The summed E-state index contributed by atoms with van der Waals surface area (Å²) in [6.45, 7) is 2.13. The first-order chi connectivity index (χ1) is 11.6. The van der Waals surface area contributed by atoms with E-state index < -0.39 is 5.97 Å². The lowest BCUT2D eigenvalue weighted by Gasteiger charge is -2.12. The molecule has 2 aromatic carbocycles. The molecule has 0 aliphatic rings. The first kappa shape index (κ1) is 17.4. The molecule has 2 aromatic rings. The van der Waals surface area contributed by atoms with Crippen molar-refractivity contribution >= 4 is 17.4 Å². The third-order valence-electron chi connectivity index (χ3n) is 3.30. The fourth-order valence-electron chi connectivity index (χ4n) is 2.10. The summed E-state index contributed by atoms with van der Waals surface area (Å²) in [5.74, 6) is -1.00. The summed E-state index contributed by atoms with van der Waals surface area (Å²) >= 11 is 0. The molecule has 0 fully saturated rings. The van der Waals surface area contributed by atoms with Crippen molar-refractivity contribution in [2.45, 2.75) is 13.5 Å². The van der Waals surface area contributed by atoms with Gasteiger partial charge in [0.2, 0.25) is 0 Å². The highest BCUT2D eigenvalue weighted by Gasteiger charge is 2.11. The third kappa shape index (κ3) is 4.78. The number of nitrogens with one attached hydrogen (secondary N) is 2. The van der Waals surface area contributed by atoms with Crippen LogP contribution in [0.5, 0.6) is 0 Å². The summed E-state index contributed by atoms with van der Waals surface area (Å²) in [5.41, 5.74) is 1.58. The zero-order valence-electron chi connectivity index (χ0n) is 13.4. The van der Waals surface area contributed by atoms with Crippen molar-refractivity contribution < 1.29 is 13.9 Å². The summed E-state index contributed by atoms with van der Waals surface area (Å²) in [4.78, 5) is 11.7. The van der Waals surface area contributed by atoms with E-state index in [-0.39, 0.29) is 24.7 Å². The fourth-order valence-corrected chi connectivity index (χ4v) is 2.10. The van der Waals surface area contributed by atoms with Gasteiger partial charge in [0.1, 0.15) is 11.5 Å². The normalized spacial score (nSPS) is 11.0. The fraction of sp³-hybridized carbons (Fsp3) is 0.158. The maximum Gasteiger partial charge on any atom is 0.356 e. The van der Waals surface area contributed by atoms with Crippen molar-refractivity contribution in [2.24, 2.45) is 0 Å². The Bertz CT molecular complexity index is 742. The van der Waals surface area contributed by atoms with E-state index >= 15 is 0 Å². The molecule has 0 aliphatic carbocycles. The second-order valence-electron chi connectivity index (χ2n) is 5.00. The Morgan fingerprint density at radius 3 is 2.50 bits per heavy atom. The molecule has 0 heterocycles. The molecule has 0 bridgehead atoms. The number of carbonyl (C=O) groups is 1. The van der Waals surface area contributed by atoms with E-state index in [4.69, 9.17) is 10.1 Å². The monoisotopic (exact) mass is 326 g/mol. The Labute approximate surface area is 140 Å². The quantitative estimate of drug-likeness (QED) is 0.604. The Morgan fingerprint density at radius 1 is 1.17 bits per heavy atom.